The Balaban J connectivity index is 1.66. The van der Waals surface area contributed by atoms with Gasteiger partial charge in [0, 0.05) is 41.1 Å². The highest BCUT2D eigenvalue weighted by molar-refractivity contribution is 6.30. The van der Waals surface area contributed by atoms with Crippen LogP contribution in [-0.2, 0) is 17.8 Å². The molecule has 0 unspecified atom stereocenters. The molecule has 0 aliphatic rings. The minimum Gasteiger partial charge on any atom is -0.404 e. The first-order valence-electron chi connectivity index (χ1n) is 10.1. The summed E-state index contributed by atoms with van der Waals surface area (Å²) in [7, 11) is 0. The lowest BCUT2D eigenvalue weighted by Crippen LogP contribution is -2.32. The highest BCUT2D eigenvalue weighted by Gasteiger charge is 2.19. The summed E-state index contributed by atoms with van der Waals surface area (Å²) in [6.45, 7) is 0.375. The number of pyridine rings is 1. The number of hydrogen-bond acceptors (Lipinski definition) is 4. The number of nitrogens with one attached hydrogen (secondary N) is 1. The van der Waals surface area contributed by atoms with Crippen molar-refractivity contribution in [3.05, 3.63) is 107 Å². The van der Waals surface area contributed by atoms with Crippen molar-refractivity contribution in [1.29, 1.82) is 5.41 Å². The topological polar surface area (TPSA) is 87.5 Å². The second kappa shape index (κ2) is 9.49. The summed E-state index contributed by atoms with van der Waals surface area (Å²) < 4.78 is 1.92. The van der Waals surface area contributed by atoms with Crippen LogP contribution in [0.3, 0.4) is 0 Å². The molecule has 0 saturated carbocycles. The van der Waals surface area contributed by atoms with Crippen molar-refractivity contribution in [3.8, 4) is 0 Å². The van der Waals surface area contributed by atoms with Crippen LogP contribution < -0.4 is 10.6 Å². The first-order valence-corrected chi connectivity index (χ1v) is 10.5. The van der Waals surface area contributed by atoms with Crippen LogP contribution in [0.25, 0.3) is 11.2 Å². The molecule has 0 aliphatic carbocycles. The van der Waals surface area contributed by atoms with Crippen molar-refractivity contribution in [1.82, 2.24) is 9.38 Å². The molecule has 3 N–H and O–H groups in total. The second-order valence-corrected chi connectivity index (χ2v) is 7.71. The summed E-state index contributed by atoms with van der Waals surface area (Å²) >= 11 is 6.17. The Labute approximate surface area is 191 Å². The van der Waals surface area contributed by atoms with Gasteiger partial charge in [-0.15, -0.1) is 0 Å². The minimum atomic E-state index is -0.0648. The zero-order valence-corrected chi connectivity index (χ0v) is 18.0. The van der Waals surface area contributed by atoms with Crippen molar-refractivity contribution in [2.75, 3.05) is 4.90 Å². The number of halogens is 1. The van der Waals surface area contributed by atoms with E-state index in [2.05, 4.69) is 4.98 Å². The second-order valence-electron chi connectivity index (χ2n) is 7.28. The number of nitrogens with two attached hydrogens (primary N) is 1. The lowest BCUT2D eigenvalue weighted by molar-refractivity contribution is -0.118. The van der Waals surface area contributed by atoms with Gasteiger partial charge in [0.25, 0.3) is 0 Å². The van der Waals surface area contributed by atoms with Gasteiger partial charge in [-0.05, 0) is 47.5 Å². The van der Waals surface area contributed by atoms with Crippen LogP contribution in [0.5, 0.6) is 0 Å². The van der Waals surface area contributed by atoms with Gasteiger partial charge in [-0.25, -0.2) is 4.98 Å². The predicted molar refractivity (Wildman–Crippen MR) is 129 cm³/mol. The average Bonchev–Trinajstić information content (AvgIpc) is 3.22. The molecule has 0 saturated heterocycles. The molecule has 0 atom stereocenters. The van der Waals surface area contributed by atoms with E-state index < -0.39 is 0 Å². The third kappa shape index (κ3) is 4.55. The van der Waals surface area contributed by atoms with Crippen LogP contribution in [0.1, 0.15) is 16.8 Å². The number of hydrogen-bond donors (Lipinski definition) is 2. The number of carbonyl (C=O) groups is 1. The van der Waals surface area contributed by atoms with E-state index in [1.54, 1.807) is 11.1 Å². The van der Waals surface area contributed by atoms with Crippen molar-refractivity contribution in [2.45, 2.75) is 13.0 Å². The fourth-order valence-corrected chi connectivity index (χ4v) is 3.78. The molecule has 160 valence electrons. The summed E-state index contributed by atoms with van der Waals surface area (Å²) in [5.74, 6) is -0.0648. The Kier molecular flexibility index (Phi) is 6.33. The minimum absolute atomic E-state index is 0.0648. The summed E-state index contributed by atoms with van der Waals surface area (Å²) in [5.41, 5.74) is 10.3. The quantitative estimate of drug-likeness (QED) is 0.405. The van der Waals surface area contributed by atoms with Crippen molar-refractivity contribution in [3.63, 3.8) is 0 Å². The van der Waals surface area contributed by atoms with Crippen LogP contribution in [0.4, 0.5) is 5.69 Å². The van der Waals surface area contributed by atoms with Crippen LogP contribution in [0.15, 0.2) is 85.3 Å². The third-order valence-corrected chi connectivity index (χ3v) is 5.44. The fraction of sp³-hybridized carbons (Fsp3) is 0.0800. The van der Waals surface area contributed by atoms with Gasteiger partial charge in [0.05, 0.1) is 18.7 Å². The fourth-order valence-electron chi connectivity index (χ4n) is 3.57. The smallest absolute Gasteiger partial charge is 0.233 e. The molecular weight excluding hydrogens is 422 g/mol. The number of nitrogens with zero attached hydrogens (tertiary/aromatic N) is 3. The number of rotatable bonds is 7. The monoisotopic (exact) mass is 443 g/mol. The average molecular weight is 444 g/mol. The SMILES string of the molecule is N=C/C(=C\N)c1ccc(N(Cc2cccc(Cl)c2)C(=O)Cc2cnc3ccccn23)cc1. The van der Waals surface area contributed by atoms with Gasteiger partial charge in [0.1, 0.15) is 5.65 Å². The first-order chi connectivity index (χ1) is 15.6. The summed E-state index contributed by atoms with van der Waals surface area (Å²) in [6, 6.07) is 20.6. The number of benzene rings is 2. The van der Waals surface area contributed by atoms with Gasteiger partial charge in [-0.3, -0.25) is 4.79 Å². The third-order valence-electron chi connectivity index (χ3n) is 5.20. The molecule has 0 bridgehead atoms. The predicted octanol–water partition coefficient (Wildman–Crippen LogP) is 4.71. The normalized spacial score (nSPS) is 11.5. The van der Waals surface area contributed by atoms with Crippen LogP contribution in [-0.4, -0.2) is 21.5 Å². The molecule has 0 radical (unpaired) electrons. The van der Waals surface area contributed by atoms with E-state index in [1.165, 1.54) is 12.4 Å². The molecule has 4 aromatic rings. The van der Waals surface area contributed by atoms with E-state index in [0.29, 0.717) is 17.1 Å². The molecule has 6 nitrogen and oxygen atoms in total. The van der Waals surface area contributed by atoms with Crippen molar-refractivity contribution >= 4 is 40.6 Å². The van der Waals surface area contributed by atoms with Crippen LogP contribution >= 0.6 is 11.6 Å². The molecule has 32 heavy (non-hydrogen) atoms. The van der Waals surface area contributed by atoms with E-state index in [1.807, 2.05) is 77.3 Å². The Morgan fingerprint density at radius 2 is 1.94 bits per heavy atom. The van der Waals surface area contributed by atoms with Gasteiger partial charge in [0.15, 0.2) is 0 Å². The molecule has 2 heterocycles. The number of carbonyl (C=O) groups excluding carboxylic acids is 1. The molecule has 0 fully saturated rings. The number of fused-ring (bicyclic) bond motifs is 1. The standard InChI is InChI=1S/C25H22ClN5O/c26-21-5-3-4-18(12-21)17-31(22-9-7-19(8-10-22)20(14-27)15-28)25(32)13-23-16-29-24-6-1-2-11-30(23)24/h1-12,14-16,27H,13,17,28H2/b20-15+,27-14?. The number of imidazole rings is 1. The van der Waals surface area contributed by atoms with Gasteiger partial charge in [-0.2, -0.15) is 0 Å². The maximum atomic E-state index is 13.5. The molecule has 7 heteroatoms. The highest BCUT2D eigenvalue weighted by atomic mass is 35.5. The van der Waals surface area contributed by atoms with E-state index in [9.17, 15) is 4.79 Å². The maximum Gasteiger partial charge on any atom is 0.233 e. The summed E-state index contributed by atoms with van der Waals surface area (Å²) in [4.78, 5) is 19.6. The molecule has 0 aliphatic heterocycles. The number of allylic oxidation sites excluding steroid dienone is 1. The molecule has 0 spiro atoms. The lowest BCUT2D eigenvalue weighted by atomic mass is 10.1. The van der Waals surface area contributed by atoms with Gasteiger partial charge < -0.3 is 20.4 Å². The zero-order valence-electron chi connectivity index (χ0n) is 17.3. The zero-order chi connectivity index (χ0) is 22.5. The van der Waals surface area contributed by atoms with Crippen molar-refractivity contribution in [2.24, 2.45) is 5.73 Å². The molecule has 1 amide bonds. The van der Waals surface area contributed by atoms with E-state index in [-0.39, 0.29) is 12.3 Å². The maximum absolute atomic E-state index is 13.5. The number of anilines is 1. The Bertz CT molecular complexity index is 1290. The lowest BCUT2D eigenvalue weighted by Gasteiger charge is -2.23. The van der Waals surface area contributed by atoms with Gasteiger partial charge >= 0.3 is 0 Å². The van der Waals surface area contributed by atoms with Crippen LogP contribution in [0.2, 0.25) is 5.02 Å². The van der Waals surface area contributed by atoms with Crippen molar-refractivity contribution < 1.29 is 4.79 Å². The number of aromatic nitrogens is 2. The molecule has 4 rings (SSSR count). The summed E-state index contributed by atoms with van der Waals surface area (Å²) in [5, 5.41) is 8.11. The van der Waals surface area contributed by atoms with E-state index in [0.717, 1.165) is 28.2 Å². The van der Waals surface area contributed by atoms with E-state index in [4.69, 9.17) is 22.7 Å². The molecular formula is C25H22ClN5O. The van der Waals surface area contributed by atoms with Gasteiger partial charge in [-0.1, -0.05) is 41.9 Å². The number of amides is 1. The Morgan fingerprint density at radius 3 is 2.66 bits per heavy atom. The summed E-state index contributed by atoms with van der Waals surface area (Å²) in [6.07, 6.45) is 6.42. The Hall–Kier alpha value is -3.90. The Morgan fingerprint density at radius 1 is 1.12 bits per heavy atom. The first kappa shape index (κ1) is 21.3. The van der Waals surface area contributed by atoms with Gasteiger partial charge in [0.2, 0.25) is 5.91 Å². The van der Waals surface area contributed by atoms with Crippen LogP contribution in [0, 0.1) is 5.41 Å². The largest absolute Gasteiger partial charge is 0.404 e. The molecule has 2 aromatic carbocycles. The highest BCUT2D eigenvalue weighted by Crippen LogP contribution is 2.23. The molecule has 2 aromatic heterocycles. The van der Waals surface area contributed by atoms with E-state index >= 15 is 0 Å².